The minimum absolute atomic E-state index is 0.279. The summed E-state index contributed by atoms with van der Waals surface area (Å²) in [6.07, 6.45) is -5.65. The van der Waals surface area contributed by atoms with Crippen molar-refractivity contribution in [3.63, 3.8) is 0 Å². The van der Waals surface area contributed by atoms with Gasteiger partial charge in [0.1, 0.15) is 0 Å². The zero-order valence-electron chi connectivity index (χ0n) is 21.8. The molecule has 0 spiro atoms. The van der Waals surface area contributed by atoms with Crippen LogP contribution >= 0.6 is 0 Å². The highest BCUT2D eigenvalue weighted by Gasteiger charge is 2.65. The summed E-state index contributed by atoms with van der Waals surface area (Å²) >= 11 is 0. The van der Waals surface area contributed by atoms with Gasteiger partial charge in [-0.3, -0.25) is 19.1 Å². The van der Waals surface area contributed by atoms with Crippen LogP contribution in [0.3, 0.4) is 0 Å². The van der Waals surface area contributed by atoms with Crippen LogP contribution in [-0.2, 0) is 42.8 Å². The number of esters is 2. The third-order valence-electron chi connectivity index (χ3n) is 5.42. The van der Waals surface area contributed by atoms with E-state index in [9.17, 15) is 14.4 Å². The Kier molecular flexibility index (Phi) is 7.76. The maximum Gasteiger partial charge on any atom is 0.311 e. The largest absolute Gasteiger partial charge is 0.455 e. The third-order valence-corrected chi connectivity index (χ3v) is 5.42. The normalized spacial score (nSPS) is 32.8. The molecular formula is C24H40O9. The van der Waals surface area contributed by atoms with Crippen LogP contribution in [0.25, 0.3) is 0 Å². The van der Waals surface area contributed by atoms with Gasteiger partial charge in [0.25, 0.3) is 5.97 Å². The average molecular weight is 473 g/mol. The average Bonchev–Trinajstić information content (AvgIpc) is 3.01. The summed E-state index contributed by atoms with van der Waals surface area (Å²) in [7, 11) is 0. The molecule has 0 aliphatic carbocycles. The Bertz CT molecular complexity index is 755. The fourth-order valence-corrected chi connectivity index (χ4v) is 3.41. The number of ether oxygens (including phenoxy) is 6. The Balaban J connectivity index is 2.55. The second kappa shape index (κ2) is 9.24. The molecule has 9 heteroatoms. The summed E-state index contributed by atoms with van der Waals surface area (Å²) in [5.74, 6) is -3.03. The molecule has 0 aromatic rings. The van der Waals surface area contributed by atoms with E-state index in [1.165, 1.54) is 6.92 Å². The lowest BCUT2D eigenvalue weighted by Crippen LogP contribution is -2.62. The van der Waals surface area contributed by atoms with Crippen LogP contribution in [0.5, 0.6) is 0 Å². The number of rotatable bonds is 5. The van der Waals surface area contributed by atoms with Crippen molar-refractivity contribution in [1.82, 2.24) is 0 Å². The Hall–Kier alpha value is -1.55. The van der Waals surface area contributed by atoms with Crippen molar-refractivity contribution in [2.24, 2.45) is 16.2 Å². The molecule has 6 unspecified atom stereocenters. The minimum Gasteiger partial charge on any atom is -0.455 e. The highest BCUT2D eigenvalue weighted by atomic mass is 16.9. The minimum atomic E-state index is -1.52. The summed E-state index contributed by atoms with van der Waals surface area (Å²) in [6.45, 7) is 19.2. The van der Waals surface area contributed by atoms with Crippen molar-refractivity contribution in [3.05, 3.63) is 0 Å². The number of ketones is 1. The summed E-state index contributed by atoms with van der Waals surface area (Å²) < 4.78 is 35.8. The van der Waals surface area contributed by atoms with Crippen LogP contribution in [0, 0.1) is 16.2 Å². The molecule has 0 N–H and O–H groups in total. The number of hydrogen-bond donors (Lipinski definition) is 0. The van der Waals surface area contributed by atoms with Gasteiger partial charge in [-0.15, -0.1) is 0 Å². The highest BCUT2D eigenvalue weighted by molar-refractivity contribution is 5.83. The molecule has 0 aromatic carbocycles. The first-order valence-electron chi connectivity index (χ1n) is 11.4. The molecule has 2 heterocycles. The van der Waals surface area contributed by atoms with Crippen LogP contribution in [-0.4, -0.2) is 61.0 Å². The summed E-state index contributed by atoms with van der Waals surface area (Å²) in [4.78, 5) is 38.2. The van der Waals surface area contributed by atoms with E-state index >= 15 is 0 Å². The third kappa shape index (κ3) is 5.75. The van der Waals surface area contributed by atoms with E-state index in [-0.39, 0.29) is 6.61 Å². The van der Waals surface area contributed by atoms with Crippen LogP contribution in [0.1, 0.15) is 76.2 Å². The summed E-state index contributed by atoms with van der Waals surface area (Å²) in [5.41, 5.74) is -2.37. The predicted molar refractivity (Wildman–Crippen MR) is 118 cm³/mol. The monoisotopic (exact) mass is 472 g/mol. The van der Waals surface area contributed by atoms with E-state index in [0.717, 1.165) is 0 Å². The lowest BCUT2D eigenvalue weighted by Gasteiger charge is -2.42. The SMILES string of the molecule is CCOC1(C(C)(C)C)OC2OC(C(C)=O)C(OC(=O)C(C)(C)C)C(OC(=O)C(C)(C)C)C2O1. The second-order valence-electron chi connectivity index (χ2n) is 11.7. The van der Waals surface area contributed by atoms with Gasteiger partial charge in [0.05, 0.1) is 10.8 Å². The topological polar surface area (TPSA) is 107 Å². The summed E-state index contributed by atoms with van der Waals surface area (Å²) in [5, 5.41) is 0. The fourth-order valence-electron chi connectivity index (χ4n) is 3.41. The molecule has 6 atom stereocenters. The molecule has 0 bridgehead atoms. The van der Waals surface area contributed by atoms with Crippen molar-refractivity contribution in [1.29, 1.82) is 0 Å². The molecular weight excluding hydrogens is 432 g/mol. The molecule has 2 rings (SSSR count). The molecule has 0 aromatic heterocycles. The molecule has 0 amide bonds. The molecule has 190 valence electrons. The first kappa shape index (κ1) is 27.7. The standard InChI is InChI=1S/C24H40O9/c1-12-28-24(23(9,10)11)32-17-16(31-20(27)22(6,7)8)15(30-19(26)21(3,4)5)14(13(2)25)29-18(17)33-24/h14-18H,12H2,1-11H3. The van der Waals surface area contributed by atoms with Gasteiger partial charge in [0.15, 0.2) is 36.5 Å². The predicted octanol–water partition coefficient (Wildman–Crippen LogP) is 3.37. The zero-order chi connectivity index (χ0) is 25.6. The Morgan fingerprint density at radius 1 is 0.818 bits per heavy atom. The van der Waals surface area contributed by atoms with Gasteiger partial charge in [-0.25, -0.2) is 0 Å². The quantitative estimate of drug-likeness (QED) is 0.557. The highest BCUT2D eigenvalue weighted by Crippen LogP contribution is 2.48. The van der Waals surface area contributed by atoms with Crippen LogP contribution < -0.4 is 0 Å². The van der Waals surface area contributed by atoms with Crippen molar-refractivity contribution in [2.45, 2.75) is 113 Å². The second-order valence-corrected chi connectivity index (χ2v) is 11.7. The Labute approximate surface area is 196 Å². The van der Waals surface area contributed by atoms with Gasteiger partial charge in [-0.1, -0.05) is 20.8 Å². The molecule has 2 saturated heterocycles. The van der Waals surface area contributed by atoms with E-state index in [1.54, 1.807) is 48.5 Å². The molecule has 2 fully saturated rings. The first-order chi connectivity index (χ1) is 14.8. The summed E-state index contributed by atoms with van der Waals surface area (Å²) in [6, 6.07) is 0. The zero-order valence-corrected chi connectivity index (χ0v) is 21.8. The van der Waals surface area contributed by atoms with Gasteiger partial charge in [0.2, 0.25) is 0 Å². The maximum atomic E-state index is 12.9. The van der Waals surface area contributed by atoms with E-state index in [1.807, 2.05) is 20.8 Å². The maximum absolute atomic E-state index is 12.9. The lowest BCUT2D eigenvalue weighted by atomic mass is 9.92. The first-order valence-corrected chi connectivity index (χ1v) is 11.4. The van der Waals surface area contributed by atoms with Crippen molar-refractivity contribution in [2.75, 3.05) is 6.61 Å². The molecule has 0 radical (unpaired) electrons. The van der Waals surface area contributed by atoms with Crippen molar-refractivity contribution < 1.29 is 42.8 Å². The van der Waals surface area contributed by atoms with Gasteiger partial charge in [-0.2, -0.15) is 0 Å². The smallest absolute Gasteiger partial charge is 0.311 e. The molecule has 9 nitrogen and oxygen atoms in total. The van der Waals surface area contributed by atoms with Crippen molar-refractivity contribution in [3.8, 4) is 0 Å². The number of carbonyl (C=O) groups excluding carboxylic acids is 3. The van der Waals surface area contributed by atoms with E-state index in [4.69, 9.17) is 28.4 Å². The number of hydrogen-bond acceptors (Lipinski definition) is 9. The van der Waals surface area contributed by atoms with Crippen molar-refractivity contribution >= 4 is 17.7 Å². The molecule has 2 aliphatic heterocycles. The van der Waals surface area contributed by atoms with E-state index in [0.29, 0.717) is 0 Å². The Morgan fingerprint density at radius 3 is 1.70 bits per heavy atom. The van der Waals surface area contributed by atoms with Gasteiger partial charge < -0.3 is 23.7 Å². The van der Waals surface area contributed by atoms with Gasteiger partial charge in [-0.05, 0) is 55.4 Å². The van der Waals surface area contributed by atoms with Crippen LogP contribution in [0.15, 0.2) is 0 Å². The molecule has 0 saturated carbocycles. The Morgan fingerprint density at radius 2 is 1.30 bits per heavy atom. The van der Waals surface area contributed by atoms with E-state index in [2.05, 4.69) is 0 Å². The number of carbonyl (C=O) groups is 3. The fraction of sp³-hybridized carbons (Fsp3) is 0.875. The van der Waals surface area contributed by atoms with Gasteiger partial charge >= 0.3 is 11.9 Å². The van der Waals surface area contributed by atoms with Gasteiger partial charge in [0, 0.05) is 12.0 Å². The van der Waals surface area contributed by atoms with E-state index < -0.39 is 70.6 Å². The number of fused-ring (bicyclic) bond motifs is 1. The lowest BCUT2D eigenvalue weighted by molar-refractivity contribution is -0.396. The van der Waals surface area contributed by atoms with Crippen LogP contribution in [0.2, 0.25) is 0 Å². The van der Waals surface area contributed by atoms with Crippen LogP contribution in [0.4, 0.5) is 0 Å². The number of Topliss-reactive ketones (excluding diaryl/α,β-unsaturated/α-hetero) is 1. The molecule has 33 heavy (non-hydrogen) atoms. The molecule has 2 aliphatic rings.